The van der Waals surface area contributed by atoms with E-state index in [0.717, 1.165) is 0 Å². The number of carbonyl (C=O) groups excluding carboxylic acids is 1. The van der Waals surface area contributed by atoms with Gasteiger partial charge in [-0.1, -0.05) is 24.3 Å². The number of hydrogen-bond acceptors (Lipinski definition) is 6. The van der Waals surface area contributed by atoms with E-state index >= 15 is 0 Å². The molecule has 2 N–H and O–H groups in total. The number of aryl methyl sites for hydroxylation is 1. The quantitative estimate of drug-likeness (QED) is 0.326. The Morgan fingerprint density at radius 1 is 1.10 bits per heavy atom. The maximum atomic E-state index is 12.4. The van der Waals surface area contributed by atoms with Gasteiger partial charge in [-0.25, -0.2) is 4.98 Å². The van der Waals surface area contributed by atoms with Gasteiger partial charge in [0.1, 0.15) is 5.69 Å². The first-order valence-corrected chi connectivity index (χ1v) is 9.24. The first kappa shape index (κ1) is 20.0. The van der Waals surface area contributed by atoms with Crippen molar-refractivity contribution in [3.63, 3.8) is 0 Å². The minimum Gasteiger partial charge on any atom is -0.378 e. The SMILES string of the molecule is O=C(CCCn1cnc2ccccc2c1=O)NCCNc1ccccc1[N+](=O)[O-]. The third kappa shape index (κ3) is 5.16. The van der Waals surface area contributed by atoms with E-state index in [1.54, 1.807) is 36.4 Å². The second-order valence-electron chi connectivity index (χ2n) is 6.41. The predicted molar refractivity (Wildman–Crippen MR) is 110 cm³/mol. The summed E-state index contributed by atoms with van der Waals surface area (Å²) >= 11 is 0. The fourth-order valence-electron chi connectivity index (χ4n) is 2.95. The lowest BCUT2D eigenvalue weighted by atomic mass is 10.2. The van der Waals surface area contributed by atoms with E-state index in [-0.39, 0.29) is 23.6 Å². The highest BCUT2D eigenvalue weighted by Crippen LogP contribution is 2.22. The number of hydrogen-bond donors (Lipinski definition) is 2. The maximum absolute atomic E-state index is 12.4. The highest BCUT2D eigenvalue weighted by molar-refractivity contribution is 5.77. The number of nitrogens with zero attached hydrogens (tertiary/aromatic N) is 3. The third-order valence-electron chi connectivity index (χ3n) is 4.40. The standard InChI is InChI=1S/C20H21N5O4/c26-19(22-12-11-21-17-8-3-4-9-18(17)25(28)29)10-5-13-24-14-23-16-7-2-1-6-15(16)20(24)27/h1-4,6-9,14,21H,5,10-13H2,(H,22,26). The van der Waals surface area contributed by atoms with Crippen molar-refractivity contribution in [3.05, 3.63) is 75.3 Å². The molecule has 0 aliphatic heterocycles. The molecule has 3 aromatic rings. The Morgan fingerprint density at radius 2 is 1.86 bits per heavy atom. The molecule has 0 radical (unpaired) electrons. The number of rotatable bonds is 9. The molecule has 9 heteroatoms. The van der Waals surface area contributed by atoms with Crippen molar-refractivity contribution >= 4 is 28.2 Å². The van der Waals surface area contributed by atoms with Crippen molar-refractivity contribution in [1.29, 1.82) is 0 Å². The summed E-state index contributed by atoms with van der Waals surface area (Å²) in [5, 5.41) is 17.2. The number of nitrogens with one attached hydrogen (secondary N) is 2. The first-order valence-electron chi connectivity index (χ1n) is 9.24. The van der Waals surface area contributed by atoms with E-state index in [0.29, 0.717) is 42.6 Å². The fraction of sp³-hybridized carbons (Fsp3) is 0.250. The molecule has 0 atom stereocenters. The summed E-state index contributed by atoms with van der Waals surface area (Å²) in [7, 11) is 0. The van der Waals surface area contributed by atoms with Crippen LogP contribution in [0, 0.1) is 10.1 Å². The van der Waals surface area contributed by atoms with E-state index in [4.69, 9.17) is 0 Å². The van der Waals surface area contributed by atoms with Gasteiger partial charge in [0.25, 0.3) is 11.2 Å². The van der Waals surface area contributed by atoms with E-state index in [2.05, 4.69) is 15.6 Å². The summed E-state index contributed by atoms with van der Waals surface area (Å²) in [6, 6.07) is 13.5. The molecule has 0 fully saturated rings. The molecule has 1 amide bonds. The number of fused-ring (bicyclic) bond motifs is 1. The summed E-state index contributed by atoms with van der Waals surface area (Å²) in [5.74, 6) is -0.142. The summed E-state index contributed by atoms with van der Waals surface area (Å²) in [5.41, 5.74) is 0.936. The molecule has 1 aromatic heterocycles. The first-order chi connectivity index (χ1) is 14.1. The van der Waals surface area contributed by atoms with E-state index in [1.165, 1.54) is 17.0 Å². The van der Waals surface area contributed by atoms with Crippen LogP contribution in [0.3, 0.4) is 0 Å². The van der Waals surface area contributed by atoms with Crippen LogP contribution < -0.4 is 16.2 Å². The lowest BCUT2D eigenvalue weighted by Crippen LogP contribution is -2.29. The van der Waals surface area contributed by atoms with Crippen LogP contribution in [0.2, 0.25) is 0 Å². The minimum atomic E-state index is -0.454. The maximum Gasteiger partial charge on any atom is 0.292 e. The van der Waals surface area contributed by atoms with Gasteiger partial charge < -0.3 is 10.6 Å². The van der Waals surface area contributed by atoms with Gasteiger partial charge in [-0.15, -0.1) is 0 Å². The fourth-order valence-corrected chi connectivity index (χ4v) is 2.95. The molecule has 150 valence electrons. The number of benzene rings is 2. The van der Waals surface area contributed by atoms with Gasteiger partial charge in [0.15, 0.2) is 0 Å². The Hall–Kier alpha value is -3.75. The normalized spacial score (nSPS) is 10.6. The molecule has 0 unspecified atom stereocenters. The van der Waals surface area contributed by atoms with Gasteiger partial charge >= 0.3 is 0 Å². The van der Waals surface area contributed by atoms with Gasteiger partial charge in [-0.3, -0.25) is 24.3 Å². The molecule has 0 aliphatic carbocycles. The summed E-state index contributed by atoms with van der Waals surface area (Å²) < 4.78 is 1.51. The van der Waals surface area contributed by atoms with Crippen LogP contribution in [0.15, 0.2) is 59.7 Å². The van der Waals surface area contributed by atoms with Crippen molar-refractivity contribution in [2.75, 3.05) is 18.4 Å². The third-order valence-corrected chi connectivity index (χ3v) is 4.40. The zero-order chi connectivity index (χ0) is 20.6. The van der Waals surface area contributed by atoms with Crippen molar-refractivity contribution in [1.82, 2.24) is 14.9 Å². The van der Waals surface area contributed by atoms with Gasteiger partial charge in [0.05, 0.1) is 22.2 Å². The predicted octanol–water partition coefficient (Wildman–Crippen LogP) is 2.31. The topological polar surface area (TPSA) is 119 Å². The Bertz CT molecular complexity index is 1080. The van der Waals surface area contributed by atoms with E-state index in [1.807, 2.05) is 6.07 Å². The van der Waals surface area contributed by atoms with Gasteiger partial charge in [-0.2, -0.15) is 0 Å². The molecule has 3 rings (SSSR count). The zero-order valence-electron chi connectivity index (χ0n) is 15.7. The number of anilines is 1. The highest BCUT2D eigenvalue weighted by atomic mass is 16.6. The number of carbonyl (C=O) groups is 1. The summed E-state index contributed by atoms with van der Waals surface area (Å²) in [4.78, 5) is 39.1. The van der Waals surface area contributed by atoms with Crippen molar-refractivity contribution in [2.45, 2.75) is 19.4 Å². The monoisotopic (exact) mass is 395 g/mol. The molecule has 9 nitrogen and oxygen atoms in total. The Balaban J connectivity index is 1.41. The second kappa shape index (κ2) is 9.45. The molecule has 0 aliphatic rings. The van der Waals surface area contributed by atoms with Crippen LogP contribution >= 0.6 is 0 Å². The van der Waals surface area contributed by atoms with Crippen LogP contribution in [0.4, 0.5) is 11.4 Å². The van der Waals surface area contributed by atoms with Crippen molar-refractivity contribution in [2.24, 2.45) is 0 Å². The number of para-hydroxylation sites is 3. The number of amides is 1. The number of nitro groups is 1. The lowest BCUT2D eigenvalue weighted by Gasteiger charge is -2.09. The minimum absolute atomic E-state index is 0.00624. The van der Waals surface area contributed by atoms with Crippen LogP contribution in [-0.4, -0.2) is 33.5 Å². The molecule has 0 saturated heterocycles. The molecule has 0 bridgehead atoms. The Morgan fingerprint density at radius 3 is 2.69 bits per heavy atom. The number of nitro benzene ring substituents is 1. The lowest BCUT2D eigenvalue weighted by molar-refractivity contribution is -0.384. The molecular formula is C20H21N5O4. The van der Waals surface area contributed by atoms with Crippen molar-refractivity contribution < 1.29 is 9.72 Å². The summed E-state index contributed by atoms with van der Waals surface area (Å²) in [6.45, 7) is 1.10. The average Bonchev–Trinajstić information content (AvgIpc) is 2.73. The molecule has 1 heterocycles. The van der Waals surface area contributed by atoms with Crippen LogP contribution in [0.5, 0.6) is 0 Å². The largest absolute Gasteiger partial charge is 0.378 e. The molecule has 0 saturated carbocycles. The van der Waals surface area contributed by atoms with Gasteiger partial charge in [0, 0.05) is 32.1 Å². The second-order valence-corrected chi connectivity index (χ2v) is 6.41. The van der Waals surface area contributed by atoms with Crippen molar-refractivity contribution in [3.8, 4) is 0 Å². The van der Waals surface area contributed by atoms with Crippen LogP contribution in [-0.2, 0) is 11.3 Å². The summed E-state index contributed by atoms with van der Waals surface area (Å²) in [6.07, 6.45) is 2.27. The Labute approximate surface area is 166 Å². The van der Waals surface area contributed by atoms with E-state index < -0.39 is 4.92 Å². The molecule has 29 heavy (non-hydrogen) atoms. The highest BCUT2D eigenvalue weighted by Gasteiger charge is 2.11. The smallest absolute Gasteiger partial charge is 0.292 e. The zero-order valence-corrected chi connectivity index (χ0v) is 15.7. The van der Waals surface area contributed by atoms with Gasteiger partial charge in [-0.05, 0) is 24.6 Å². The molecular weight excluding hydrogens is 374 g/mol. The van der Waals surface area contributed by atoms with Crippen LogP contribution in [0.1, 0.15) is 12.8 Å². The Kier molecular flexibility index (Phi) is 6.51. The molecule has 2 aromatic carbocycles. The van der Waals surface area contributed by atoms with Crippen LogP contribution in [0.25, 0.3) is 10.9 Å². The number of aromatic nitrogens is 2. The van der Waals surface area contributed by atoms with E-state index in [9.17, 15) is 19.7 Å². The average molecular weight is 395 g/mol. The van der Waals surface area contributed by atoms with Gasteiger partial charge in [0.2, 0.25) is 5.91 Å². The molecule has 0 spiro atoms.